The average molecular weight is 209 g/mol. The number of aromatic nitrogens is 1. The van der Waals surface area contributed by atoms with Gasteiger partial charge in [-0.05, 0) is 24.5 Å². The maximum Gasteiger partial charge on any atom is 0.190 e. The van der Waals surface area contributed by atoms with Crippen LogP contribution in [0.4, 0.5) is 4.53 Å². The SMILES string of the molecule is COCCCC#Cc1ccc(OF)cn1. The molecule has 0 unspecified atom stereocenters. The average Bonchev–Trinajstić information content (AvgIpc) is 2.30. The Morgan fingerprint density at radius 1 is 1.47 bits per heavy atom. The molecule has 4 heteroatoms. The van der Waals surface area contributed by atoms with Crippen molar-refractivity contribution in [1.82, 2.24) is 4.98 Å². The van der Waals surface area contributed by atoms with Gasteiger partial charge >= 0.3 is 0 Å². The minimum atomic E-state index is 0.0833. The fourth-order valence-corrected chi connectivity index (χ4v) is 0.958. The fourth-order valence-electron chi connectivity index (χ4n) is 0.958. The molecule has 0 spiro atoms. The topological polar surface area (TPSA) is 31.4 Å². The summed E-state index contributed by atoms with van der Waals surface area (Å²) in [6, 6.07) is 3.09. The van der Waals surface area contributed by atoms with Crippen molar-refractivity contribution in [1.29, 1.82) is 0 Å². The molecule has 0 aromatic carbocycles. The maximum atomic E-state index is 11.7. The minimum absolute atomic E-state index is 0.0833. The van der Waals surface area contributed by atoms with E-state index in [4.69, 9.17) is 4.74 Å². The molecule has 0 saturated heterocycles. The summed E-state index contributed by atoms with van der Waals surface area (Å²) in [5.74, 6) is 5.89. The molecule has 1 aromatic heterocycles. The number of halogens is 1. The van der Waals surface area contributed by atoms with Crippen molar-refractivity contribution in [3.05, 3.63) is 24.0 Å². The van der Waals surface area contributed by atoms with Crippen LogP contribution in [0, 0.1) is 11.8 Å². The van der Waals surface area contributed by atoms with Crippen molar-refractivity contribution in [2.45, 2.75) is 12.8 Å². The molecule has 15 heavy (non-hydrogen) atoms. The number of ether oxygens (including phenoxy) is 1. The van der Waals surface area contributed by atoms with E-state index >= 15 is 0 Å². The fraction of sp³-hybridized carbons (Fsp3) is 0.364. The molecule has 0 radical (unpaired) electrons. The van der Waals surface area contributed by atoms with Crippen molar-refractivity contribution >= 4 is 0 Å². The summed E-state index contributed by atoms with van der Waals surface area (Å²) in [4.78, 5) is 7.40. The molecule has 1 rings (SSSR count). The molecule has 0 bridgehead atoms. The van der Waals surface area contributed by atoms with Gasteiger partial charge in [0.1, 0.15) is 5.69 Å². The lowest BCUT2D eigenvalue weighted by molar-refractivity contribution is -0.00664. The molecule has 0 N–H and O–H groups in total. The van der Waals surface area contributed by atoms with Crippen LogP contribution in [0.5, 0.6) is 5.75 Å². The lowest BCUT2D eigenvalue weighted by atomic mass is 10.3. The van der Waals surface area contributed by atoms with E-state index in [1.165, 1.54) is 12.3 Å². The number of pyridine rings is 1. The highest BCUT2D eigenvalue weighted by molar-refractivity contribution is 5.30. The highest BCUT2D eigenvalue weighted by Crippen LogP contribution is 2.08. The van der Waals surface area contributed by atoms with Crippen LogP contribution in [-0.4, -0.2) is 18.7 Å². The normalized spacial score (nSPS) is 9.20. The Balaban J connectivity index is 2.42. The zero-order chi connectivity index (χ0) is 10.9. The molecule has 1 heterocycles. The van der Waals surface area contributed by atoms with Gasteiger partial charge in [0, 0.05) is 24.7 Å². The third kappa shape index (κ3) is 4.43. The summed E-state index contributed by atoms with van der Waals surface area (Å²) in [6.45, 7) is 0.705. The zero-order valence-electron chi connectivity index (χ0n) is 8.50. The quantitative estimate of drug-likeness (QED) is 0.562. The second kappa shape index (κ2) is 6.80. The Morgan fingerprint density at radius 3 is 2.93 bits per heavy atom. The number of rotatable bonds is 4. The first kappa shape index (κ1) is 11.5. The van der Waals surface area contributed by atoms with Gasteiger partial charge < -0.3 is 4.74 Å². The van der Waals surface area contributed by atoms with Crippen LogP contribution in [0.2, 0.25) is 0 Å². The largest absolute Gasteiger partial charge is 0.385 e. The number of hydrogen-bond donors (Lipinski definition) is 0. The van der Waals surface area contributed by atoms with Crippen LogP contribution < -0.4 is 4.94 Å². The first-order valence-electron chi connectivity index (χ1n) is 4.59. The molecule has 0 atom stereocenters. The van der Waals surface area contributed by atoms with E-state index in [9.17, 15) is 4.53 Å². The molecule has 0 aliphatic rings. The maximum absolute atomic E-state index is 11.7. The van der Waals surface area contributed by atoms with E-state index in [-0.39, 0.29) is 5.75 Å². The van der Waals surface area contributed by atoms with Crippen LogP contribution in [0.15, 0.2) is 18.3 Å². The first-order valence-corrected chi connectivity index (χ1v) is 4.59. The van der Waals surface area contributed by atoms with Gasteiger partial charge in [-0.2, -0.15) is 0 Å². The van der Waals surface area contributed by atoms with Gasteiger partial charge in [-0.3, -0.25) is 4.94 Å². The van der Waals surface area contributed by atoms with Crippen LogP contribution in [-0.2, 0) is 4.74 Å². The summed E-state index contributed by atoms with van der Waals surface area (Å²) in [5, 5.41) is 0. The lowest BCUT2D eigenvalue weighted by Crippen LogP contribution is -1.86. The second-order valence-electron chi connectivity index (χ2n) is 2.85. The monoisotopic (exact) mass is 209 g/mol. The summed E-state index contributed by atoms with van der Waals surface area (Å²) in [5.41, 5.74) is 0.605. The van der Waals surface area contributed by atoms with E-state index < -0.39 is 0 Å². The molecule has 0 saturated carbocycles. The van der Waals surface area contributed by atoms with Crippen LogP contribution in [0.1, 0.15) is 18.5 Å². The van der Waals surface area contributed by atoms with Crippen LogP contribution in [0.25, 0.3) is 0 Å². The Morgan fingerprint density at radius 2 is 2.33 bits per heavy atom. The highest BCUT2D eigenvalue weighted by atomic mass is 19.3. The zero-order valence-corrected chi connectivity index (χ0v) is 8.50. The third-order valence-electron chi connectivity index (χ3n) is 1.69. The molecular weight excluding hydrogens is 197 g/mol. The van der Waals surface area contributed by atoms with Gasteiger partial charge in [-0.15, -0.1) is 0 Å². The van der Waals surface area contributed by atoms with Gasteiger partial charge in [0.05, 0.1) is 6.20 Å². The standard InChI is InChI=1S/C11H12FNO2/c1-14-8-4-2-3-5-10-6-7-11(15-12)9-13-10/h6-7,9H,2,4,8H2,1H3. The molecule has 0 fully saturated rings. The number of methoxy groups -OCH3 is 1. The first-order chi connectivity index (χ1) is 7.36. The van der Waals surface area contributed by atoms with E-state index in [1.807, 2.05) is 0 Å². The van der Waals surface area contributed by atoms with Crippen LogP contribution >= 0.6 is 0 Å². The third-order valence-corrected chi connectivity index (χ3v) is 1.69. The second-order valence-corrected chi connectivity index (χ2v) is 2.85. The molecule has 0 aliphatic heterocycles. The molecule has 1 aromatic rings. The number of nitrogens with zero attached hydrogens (tertiary/aromatic N) is 1. The molecular formula is C11H12FNO2. The van der Waals surface area contributed by atoms with Crippen LogP contribution in [0.3, 0.4) is 0 Å². The Hall–Kier alpha value is -1.60. The summed E-state index contributed by atoms with van der Waals surface area (Å²) < 4.78 is 16.5. The van der Waals surface area contributed by atoms with Gasteiger partial charge in [-0.25, -0.2) is 4.98 Å². The summed E-state index contributed by atoms with van der Waals surface area (Å²) in [6.07, 6.45) is 2.95. The predicted octanol–water partition coefficient (Wildman–Crippen LogP) is 2.12. The van der Waals surface area contributed by atoms with Gasteiger partial charge in [0.15, 0.2) is 5.75 Å². The molecule has 3 nitrogen and oxygen atoms in total. The van der Waals surface area contributed by atoms with Crippen molar-refractivity contribution < 1.29 is 14.2 Å². The molecule has 80 valence electrons. The molecule has 0 amide bonds. The smallest absolute Gasteiger partial charge is 0.190 e. The van der Waals surface area contributed by atoms with Crippen molar-refractivity contribution in [3.63, 3.8) is 0 Å². The van der Waals surface area contributed by atoms with Gasteiger partial charge in [0.2, 0.25) is 0 Å². The number of hydrogen-bond acceptors (Lipinski definition) is 3. The van der Waals surface area contributed by atoms with E-state index in [0.717, 1.165) is 12.8 Å². The highest BCUT2D eigenvalue weighted by Gasteiger charge is 1.93. The minimum Gasteiger partial charge on any atom is -0.385 e. The summed E-state index contributed by atoms with van der Waals surface area (Å²) >= 11 is 0. The van der Waals surface area contributed by atoms with Gasteiger partial charge in [0.25, 0.3) is 0 Å². The lowest BCUT2D eigenvalue weighted by Gasteiger charge is -1.93. The van der Waals surface area contributed by atoms with Gasteiger partial charge in [-0.1, -0.05) is 5.92 Å². The Kier molecular flexibility index (Phi) is 5.20. The summed E-state index contributed by atoms with van der Waals surface area (Å²) in [7, 11) is 1.66. The number of unbranched alkanes of at least 4 members (excludes halogenated alkanes) is 1. The molecule has 0 aliphatic carbocycles. The van der Waals surface area contributed by atoms with E-state index in [0.29, 0.717) is 12.3 Å². The predicted molar refractivity (Wildman–Crippen MR) is 54.0 cm³/mol. The Bertz CT molecular complexity index is 340. The van der Waals surface area contributed by atoms with Crippen molar-refractivity contribution in [2.24, 2.45) is 0 Å². The Labute approximate surface area is 88.1 Å². The van der Waals surface area contributed by atoms with Crippen molar-refractivity contribution in [3.8, 4) is 17.6 Å². The van der Waals surface area contributed by atoms with E-state index in [1.54, 1.807) is 13.2 Å². The van der Waals surface area contributed by atoms with E-state index in [2.05, 4.69) is 21.8 Å². The van der Waals surface area contributed by atoms with Crippen molar-refractivity contribution in [2.75, 3.05) is 13.7 Å².